The summed E-state index contributed by atoms with van der Waals surface area (Å²) in [5, 5.41) is 33.2. The van der Waals surface area contributed by atoms with E-state index in [4.69, 9.17) is 10.5 Å². The number of nitrogens with one attached hydrogen (secondary N) is 1. The topological polar surface area (TPSA) is 169 Å². The zero-order valence-corrected chi connectivity index (χ0v) is 16.3. The fourth-order valence-corrected chi connectivity index (χ4v) is 4.04. The number of fused-ring (bicyclic) bond motifs is 1. The highest BCUT2D eigenvalue weighted by Gasteiger charge is 2.44. The summed E-state index contributed by atoms with van der Waals surface area (Å²) in [5.41, 5.74) is 6.51. The second-order valence-corrected chi connectivity index (χ2v) is 7.70. The average Bonchev–Trinajstić information content (AvgIpc) is 3.19. The van der Waals surface area contributed by atoms with Crippen LogP contribution in [-0.4, -0.2) is 83.7 Å². The maximum atomic E-state index is 11.5. The number of aliphatic hydroxyl groups excluding tert-OH is 2. The van der Waals surface area contributed by atoms with Gasteiger partial charge >= 0.3 is 5.97 Å². The van der Waals surface area contributed by atoms with Gasteiger partial charge in [0.25, 0.3) is 0 Å². The van der Waals surface area contributed by atoms with Gasteiger partial charge in [0.05, 0.1) is 6.33 Å². The number of carboxylic acid groups (broad SMARTS) is 1. The van der Waals surface area contributed by atoms with Gasteiger partial charge in [0.1, 0.15) is 36.2 Å². The first-order chi connectivity index (χ1) is 13.3. The third-order valence-electron chi connectivity index (χ3n) is 4.80. The number of aliphatic carboxylic acids is 1. The van der Waals surface area contributed by atoms with Crippen LogP contribution in [0, 0.1) is 5.92 Å². The van der Waals surface area contributed by atoms with Crippen LogP contribution >= 0.6 is 11.8 Å². The molecule has 1 aliphatic heterocycles. The van der Waals surface area contributed by atoms with Crippen molar-refractivity contribution >= 4 is 34.7 Å². The van der Waals surface area contributed by atoms with E-state index in [2.05, 4.69) is 20.3 Å². The lowest BCUT2D eigenvalue weighted by molar-refractivity contribution is -0.140. The number of hydrogen-bond donors (Lipinski definition) is 5. The summed E-state index contributed by atoms with van der Waals surface area (Å²) in [4.78, 5) is 23.6. The molecule has 0 saturated carbocycles. The summed E-state index contributed by atoms with van der Waals surface area (Å²) < 4.78 is 7.29. The van der Waals surface area contributed by atoms with Crippen LogP contribution in [0.2, 0.25) is 0 Å². The Morgan fingerprint density at radius 2 is 2.14 bits per heavy atom. The zero-order chi connectivity index (χ0) is 20.4. The summed E-state index contributed by atoms with van der Waals surface area (Å²) in [6.07, 6.45) is 0.398. The number of thioether (sulfide) groups is 1. The standard InChI is InChI=1S/C16H24N6O5S/c1-7(4-28-2)9(16(25)26)18-3-8-11(23)12(24)15(27-8)22-6-21-10-13(17)19-5-20-14(10)22/h5-9,11-12,15,18,23-24H,3-4H2,1-2H3,(H,25,26)(H2,17,19,20)/t7-,8-,9+,11-,12-,15-/m1/s1. The molecule has 1 saturated heterocycles. The van der Waals surface area contributed by atoms with Crippen molar-refractivity contribution < 1.29 is 24.9 Å². The molecule has 2 aromatic rings. The minimum Gasteiger partial charge on any atom is -0.480 e. The van der Waals surface area contributed by atoms with Gasteiger partial charge in [-0.25, -0.2) is 15.0 Å². The number of carboxylic acids is 1. The van der Waals surface area contributed by atoms with E-state index in [9.17, 15) is 20.1 Å². The number of nitrogens with zero attached hydrogens (tertiary/aromatic N) is 4. The van der Waals surface area contributed by atoms with E-state index in [-0.39, 0.29) is 18.3 Å². The molecule has 11 nitrogen and oxygen atoms in total. The number of nitrogens with two attached hydrogens (primary N) is 1. The molecule has 0 radical (unpaired) electrons. The number of rotatable bonds is 8. The van der Waals surface area contributed by atoms with Crippen molar-refractivity contribution in [3.8, 4) is 0 Å². The number of hydrogen-bond acceptors (Lipinski definition) is 10. The number of carbonyl (C=O) groups is 1. The Morgan fingerprint density at radius 1 is 1.39 bits per heavy atom. The molecule has 3 rings (SSSR count). The van der Waals surface area contributed by atoms with Gasteiger partial charge in [-0.15, -0.1) is 0 Å². The minimum atomic E-state index is -1.24. The first-order valence-electron chi connectivity index (χ1n) is 8.74. The summed E-state index contributed by atoms with van der Waals surface area (Å²) in [5.74, 6) is -0.226. The predicted molar refractivity (Wildman–Crippen MR) is 103 cm³/mol. The lowest BCUT2D eigenvalue weighted by atomic mass is 10.0. The van der Waals surface area contributed by atoms with E-state index < -0.39 is 36.6 Å². The molecule has 0 aromatic carbocycles. The maximum Gasteiger partial charge on any atom is 0.321 e. The number of imidazole rings is 1. The molecule has 0 amide bonds. The SMILES string of the molecule is CSC[C@@H](C)[C@H](NC[C@H]1O[C@@H](n2cnc3c(N)ncnc32)[C@H](O)[C@@H]1O)C(=O)O. The zero-order valence-electron chi connectivity index (χ0n) is 15.5. The Hall–Kier alpha value is -1.99. The van der Waals surface area contributed by atoms with Gasteiger partial charge in [0.15, 0.2) is 17.7 Å². The molecule has 6 N–H and O–H groups in total. The molecule has 1 aliphatic rings. The van der Waals surface area contributed by atoms with Gasteiger partial charge in [-0.1, -0.05) is 6.92 Å². The van der Waals surface area contributed by atoms with Crippen molar-refractivity contribution in [2.45, 2.75) is 37.5 Å². The monoisotopic (exact) mass is 412 g/mol. The van der Waals surface area contributed by atoms with E-state index in [0.29, 0.717) is 16.9 Å². The molecule has 0 bridgehead atoms. The predicted octanol–water partition coefficient (Wildman–Crippen LogP) is -0.930. The molecule has 1 fully saturated rings. The molecule has 154 valence electrons. The third-order valence-corrected chi connectivity index (χ3v) is 5.66. The van der Waals surface area contributed by atoms with Gasteiger partial charge in [0.2, 0.25) is 0 Å². The molecule has 6 atom stereocenters. The average molecular weight is 412 g/mol. The summed E-state index contributed by atoms with van der Waals surface area (Å²) in [6, 6.07) is -0.791. The number of aliphatic hydroxyl groups is 2. The molecular weight excluding hydrogens is 388 g/mol. The van der Waals surface area contributed by atoms with Crippen molar-refractivity contribution in [1.82, 2.24) is 24.8 Å². The van der Waals surface area contributed by atoms with E-state index in [0.717, 1.165) is 0 Å². The number of nitrogen functional groups attached to an aromatic ring is 1. The van der Waals surface area contributed by atoms with Gasteiger partial charge in [-0.3, -0.25) is 9.36 Å². The van der Waals surface area contributed by atoms with E-state index in [1.54, 1.807) is 11.8 Å². The fourth-order valence-electron chi connectivity index (χ4n) is 3.32. The first-order valence-corrected chi connectivity index (χ1v) is 10.1. The number of anilines is 1. The highest BCUT2D eigenvalue weighted by Crippen LogP contribution is 2.31. The second kappa shape index (κ2) is 8.57. The Labute approximate surface area is 165 Å². The molecule has 28 heavy (non-hydrogen) atoms. The molecule has 0 spiro atoms. The van der Waals surface area contributed by atoms with Crippen LogP contribution in [0.5, 0.6) is 0 Å². The van der Waals surface area contributed by atoms with Gasteiger partial charge in [-0.2, -0.15) is 11.8 Å². The lowest BCUT2D eigenvalue weighted by Crippen LogP contribution is -2.48. The van der Waals surface area contributed by atoms with Gasteiger partial charge in [-0.05, 0) is 17.9 Å². The quantitative estimate of drug-likeness (QED) is 0.363. The van der Waals surface area contributed by atoms with Crippen LogP contribution in [0.15, 0.2) is 12.7 Å². The maximum absolute atomic E-state index is 11.5. The normalized spacial score (nSPS) is 27.1. The van der Waals surface area contributed by atoms with Crippen LogP contribution < -0.4 is 11.1 Å². The molecular formula is C16H24N6O5S. The highest BCUT2D eigenvalue weighted by molar-refractivity contribution is 7.98. The fraction of sp³-hybridized carbons (Fsp3) is 0.625. The van der Waals surface area contributed by atoms with Crippen LogP contribution in [0.1, 0.15) is 13.2 Å². The second-order valence-electron chi connectivity index (χ2n) is 6.79. The first kappa shape index (κ1) is 20.7. The van der Waals surface area contributed by atoms with Crippen molar-refractivity contribution in [2.75, 3.05) is 24.3 Å². The van der Waals surface area contributed by atoms with E-state index in [1.165, 1.54) is 17.2 Å². The van der Waals surface area contributed by atoms with Crippen molar-refractivity contribution in [3.63, 3.8) is 0 Å². The van der Waals surface area contributed by atoms with Crippen molar-refractivity contribution in [3.05, 3.63) is 12.7 Å². The molecule has 0 unspecified atom stereocenters. The lowest BCUT2D eigenvalue weighted by Gasteiger charge is -2.23. The van der Waals surface area contributed by atoms with Gasteiger partial charge < -0.3 is 31.1 Å². The Balaban J connectivity index is 1.73. The Kier molecular flexibility index (Phi) is 6.35. The number of ether oxygens (including phenoxy) is 1. The minimum absolute atomic E-state index is 0.0637. The third kappa shape index (κ3) is 3.91. The van der Waals surface area contributed by atoms with Crippen LogP contribution in [0.4, 0.5) is 5.82 Å². The molecule has 12 heteroatoms. The molecule has 0 aliphatic carbocycles. The smallest absolute Gasteiger partial charge is 0.321 e. The Morgan fingerprint density at radius 3 is 2.82 bits per heavy atom. The van der Waals surface area contributed by atoms with E-state index in [1.807, 2.05) is 13.2 Å². The Bertz CT molecular complexity index is 835. The largest absolute Gasteiger partial charge is 0.480 e. The van der Waals surface area contributed by atoms with E-state index >= 15 is 0 Å². The molecule has 3 heterocycles. The summed E-state index contributed by atoms with van der Waals surface area (Å²) >= 11 is 1.56. The van der Waals surface area contributed by atoms with Crippen LogP contribution in [-0.2, 0) is 9.53 Å². The van der Waals surface area contributed by atoms with Crippen molar-refractivity contribution in [1.29, 1.82) is 0 Å². The number of aromatic nitrogens is 4. The van der Waals surface area contributed by atoms with Gasteiger partial charge in [0, 0.05) is 6.54 Å². The van der Waals surface area contributed by atoms with Crippen molar-refractivity contribution in [2.24, 2.45) is 5.92 Å². The summed E-state index contributed by atoms with van der Waals surface area (Å²) in [6.45, 7) is 1.90. The van der Waals surface area contributed by atoms with Crippen LogP contribution in [0.3, 0.4) is 0 Å². The van der Waals surface area contributed by atoms with Crippen LogP contribution in [0.25, 0.3) is 11.2 Å². The molecule has 2 aromatic heterocycles. The highest BCUT2D eigenvalue weighted by atomic mass is 32.2. The summed E-state index contributed by atoms with van der Waals surface area (Å²) in [7, 11) is 0.